The van der Waals surface area contributed by atoms with Gasteiger partial charge in [0.1, 0.15) is 0 Å². The molecule has 5 heteroatoms. The van der Waals surface area contributed by atoms with E-state index >= 15 is 0 Å². The molecule has 0 aliphatic carbocycles. The van der Waals surface area contributed by atoms with E-state index in [4.69, 9.17) is 5.11 Å². The molecule has 15 heavy (non-hydrogen) atoms. The van der Waals surface area contributed by atoms with Gasteiger partial charge in [0.25, 0.3) is 0 Å². The molecule has 0 unspecified atom stereocenters. The SMILES string of the molecule is O=S(=O)(CCCO)CCN1CCCCC1. The maximum Gasteiger partial charge on any atom is 0.151 e. The van der Waals surface area contributed by atoms with Crippen molar-refractivity contribution in [2.24, 2.45) is 0 Å². The number of hydrogen-bond donors (Lipinski definition) is 1. The molecular weight excluding hydrogens is 214 g/mol. The van der Waals surface area contributed by atoms with Crippen LogP contribution in [0.3, 0.4) is 0 Å². The summed E-state index contributed by atoms with van der Waals surface area (Å²) in [5.41, 5.74) is 0. The van der Waals surface area contributed by atoms with Crippen molar-refractivity contribution < 1.29 is 13.5 Å². The standard InChI is InChI=1S/C10H21NO3S/c12-8-4-9-15(13,14)10-7-11-5-2-1-3-6-11/h12H,1-10H2. The summed E-state index contributed by atoms with van der Waals surface area (Å²) in [4.78, 5) is 2.22. The third kappa shape index (κ3) is 5.49. The Balaban J connectivity index is 2.22. The highest BCUT2D eigenvalue weighted by Gasteiger charge is 2.15. The molecule has 0 bridgehead atoms. The predicted molar refractivity (Wildman–Crippen MR) is 60.6 cm³/mol. The number of piperidine rings is 1. The van der Waals surface area contributed by atoms with Gasteiger partial charge in [0.15, 0.2) is 9.84 Å². The second kappa shape index (κ2) is 6.45. The number of nitrogens with zero attached hydrogens (tertiary/aromatic N) is 1. The van der Waals surface area contributed by atoms with E-state index in [9.17, 15) is 8.42 Å². The van der Waals surface area contributed by atoms with Crippen LogP contribution in [-0.2, 0) is 9.84 Å². The highest BCUT2D eigenvalue weighted by Crippen LogP contribution is 2.08. The maximum atomic E-state index is 11.5. The second-order valence-corrected chi connectivity index (χ2v) is 6.43. The Bertz CT molecular complexity index is 258. The monoisotopic (exact) mass is 235 g/mol. The Hall–Kier alpha value is -0.130. The fourth-order valence-electron chi connectivity index (χ4n) is 1.84. The van der Waals surface area contributed by atoms with E-state index in [1.54, 1.807) is 0 Å². The zero-order chi connectivity index (χ0) is 11.1. The lowest BCUT2D eigenvalue weighted by Crippen LogP contribution is -2.34. The quantitative estimate of drug-likeness (QED) is 0.718. The Labute approximate surface area is 92.2 Å². The maximum absolute atomic E-state index is 11.5. The predicted octanol–water partition coefficient (Wildman–Crippen LogP) is 0.269. The van der Waals surface area contributed by atoms with Crippen molar-refractivity contribution in [1.82, 2.24) is 4.90 Å². The van der Waals surface area contributed by atoms with Crippen LogP contribution in [0.15, 0.2) is 0 Å². The molecule has 1 heterocycles. The van der Waals surface area contributed by atoms with Gasteiger partial charge in [-0.3, -0.25) is 0 Å². The Kier molecular flexibility index (Phi) is 5.56. The summed E-state index contributed by atoms with van der Waals surface area (Å²) in [6, 6.07) is 0. The second-order valence-electron chi connectivity index (χ2n) is 4.13. The minimum absolute atomic E-state index is 0.0387. The first-order chi connectivity index (χ1) is 7.14. The van der Waals surface area contributed by atoms with Crippen molar-refractivity contribution in [3.63, 3.8) is 0 Å². The smallest absolute Gasteiger partial charge is 0.151 e. The lowest BCUT2D eigenvalue weighted by molar-refractivity contribution is 0.241. The fraction of sp³-hybridized carbons (Fsp3) is 1.00. The first-order valence-electron chi connectivity index (χ1n) is 5.68. The Morgan fingerprint density at radius 3 is 2.33 bits per heavy atom. The van der Waals surface area contributed by atoms with Crippen LogP contribution in [0, 0.1) is 0 Å². The number of rotatable bonds is 6. The molecule has 0 atom stereocenters. The average Bonchev–Trinajstić information content (AvgIpc) is 2.25. The lowest BCUT2D eigenvalue weighted by Gasteiger charge is -2.26. The van der Waals surface area contributed by atoms with Gasteiger partial charge >= 0.3 is 0 Å². The van der Waals surface area contributed by atoms with Crippen LogP contribution in [0.4, 0.5) is 0 Å². The highest BCUT2D eigenvalue weighted by atomic mass is 32.2. The average molecular weight is 235 g/mol. The summed E-state index contributed by atoms with van der Waals surface area (Å²) in [5.74, 6) is 0.365. The molecule has 90 valence electrons. The largest absolute Gasteiger partial charge is 0.396 e. The van der Waals surface area contributed by atoms with Gasteiger partial charge in [-0.25, -0.2) is 8.42 Å². The molecule has 1 aliphatic rings. The van der Waals surface area contributed by atoms with Crippen molar-refractivity contribution >= 4 is 9.84 Å². The molecule has 1 fully saturated rings. The van der Waals surface area contributed by atoms with Gasteiger partial charge in [0.05, 0.1) is 11.5 Å². The van der Waals surface area contributed by atoms with Crippen molar-refractivity contribution in [3.05, 3.63) is 0 Å². The molecule has 0 aromatic heterocycles. The molecule has 0 aromatic rings. The van der Waals surface area contributed by atoms with Gasteiger partial charge in [0, 0.05) is 13.2 Å². The Morgan fingerprint density at radius 2 is 1.73 bits per heavy atom. The molecule has 0 spiro atoms. The summed E-state index contributed by atoms with van der Waals surface area (Å²) < 4.78 is 23.0. The normalized spacial score (nSPS) is 19.3. The molecule has 1 aliphatic heterocycles. The van der Waals surface area contributed by atoms with Gasteiger partial charge in [-0.1, -0.05) is 6.42 Å². The topological polar surface area (TPSA) is 57.6 Å². The van der Waals surface area contributed by atoms with E-state index in [-0.39, 0.29) is 18.1 Å². The van der Waals surface area contributed by atoms with Crippen LogP contribution in [0.25, 0.3) is 0 Å². The minimum atomic E-state index is -2.94. The number of aliphatic hydroxyl groups is 1. The third-order valence-corrected chi connectivity index (χ3v) is 4.50. The van der Waals surface area contributed by atoms with Crippen molar-refractivity contribution in [2.45, 2.75) is 25.7 Å². The van der Waals surface area contributed by atoms with E-state index in [0.717, 1.165) is 13.1 Å². The van der Waals surface area contributed by atoms with Gasteiger partial charge < -0.3 is 10.0 Å². The molecule has 1 rings (SSSR count). The summed E-state index contributed by atoms with van der Waals surface area (Å²) in [6.07, 6.45) is 4.02. The lowest BCUT2D eigenvalue weighted by atomic mass is 10.1. The molecule has 0 amide bonds. The van der Waals surface area contributed by atoms with Crippen molar-refractivity contribution in [2.75, 3.05) is 37.7 Å². The number of aliphatic hydroxyl groups excluding tert-OH is 1. The molecule has 1 saturated heterocycles. The van der Waals surface area contributed by atoms with Gasteiger partial charge in [-0.2, -0.15) is 0 Å². The van der Waals surface area contributed by atoms with E-state index in [2.05, 4.69) is 4.90 Å². The molecule has 0 aromatic carbocycles. The van der Waals surface area contributed by atoms with Gasteiger partial charge in [-0.15, -0.1) is 0 Å². The van der Waals surface area contributed by atoms with Crippen LogP contribution in [-0.4, -0.2) is 56.2 Å². The molecule has 1 N–H and O–H groups in total. The van der Waals surface area contributed by atoms with Crippen molar-refractivity contribution in [1.29, 1.82) is 0 Å². The number of likely N-dealkylation sites (tertiary alicyclic amines) is 1. The zero-order valence-corrected chi connectivity index (χ0v) is 10.0. The van der Waals surface area contributed by atoms with E-state index < -0.39 is 9.84 Å². The highest BCUT2D eigenvalue weighted by molar-refractivity contribution is 7.91. The molecular formula is C10H21NO3S. The van der Waals surface area contributed by atoms with Gasteiger partial charge in [0.2, 0.25) is 0 Å². The molecule has 4 nitrogen and oxygen atoms in total. The summed E-state index contributed by atoms with van der Waals surface area (Å²) >= 11 is 0. The van der Waals surface area contributed by atoms with Crippen LogP contribution in [0.2, 0.25) is 0 Å². The van der Waals surface area contributed by atoms with Gasteiger partial charge in [-0.05, 0) is 32.4 Å². The number of sulfone groups is 1. The molecule has 0 radical (unpaired) electrons. The van der Waals surface area contributed by atoms with Crippen LogP contribution in [0.1, 0.15) is 25.7 Å². The van der Waals surface area contributed by atoms with Crippen LogP contribution >= 0.6 is 0 Å². The van der Waals surface area contributed by atoms with Crippen molar-refractivity contribution in [3.8, 4) is 0 Å². The summed E-state index contributed by atoms with van der Waals surface area (Å²) in [6.45, 7) is 2.70. The summed E-state index contributed by atoms with van der Waals surface area (Å²) in [5, 5.41) is 8.57. The van der Waals surface area contributed by atoms with E-state index in [1.807, 2.05) is 0 Å². The first kappa shape index (κ1) is 12.9. The Morgan fingerprint density at radius 1 is 1.07 bits per heavy atom. The molecule has 0 saturated carbocycles. The minimum Gasteiger partial charge on any atom is -0.396 e. The number of hydrogen-bond acceptors (Lipinski definition) is 4. The fourth-order valence-corrected chi connectivity index (χ4v) is 3.15. The van der Waals surface area contributed by atoms with Crippen LogP contribution in [0.5, 0.6) is 0 Å². The first-order valence-corrected chi connectivity index (χ1v) is 7.50. The van der Waals surface area contributed by atoms with E-state index in [0.29, 0.717) is 13.0 Å². The summed E-state index contributed by atoms with van der Waals surface area (Å²) in [7, 11) is -2.94. The van der Waals surface area contributed by atoms with E-state index in [1.165, 1.54) is 19.3 Å². The van der Waals surface area contributed by atoms with Crippen LogP contribution < -0.4 is 0 Å². The zero-order valence-electron chi connectivity index (χ0n) is 9.19. The third-order valence-electron chi connectivity index (χ3n) is 2.78.